The molecular formula is C15H28N2O6. The van der Waals surface area contributed by atoms with Gasteiger partial charge in [-0.2, -0.15) is 0 Å². The summed E-state index contributed by atoms with van der Waals surface area (Å²) in [5.74, 6) is -1.16. The summed E-state index contributed by atoms with van der Waals surface area (Å²) in [5, 5.41) is 4.81. The van der Waals surface area contributed by atoms with Crippen LogP contribution in [0.1, 0.15) is 41.5 Å². The Morgan fingerprint density at radius 2 is 1.57 bits per heavy atom. The highest BCUT2D eigenvalue weighted by Crippen LogP contribution is 2.09. The Kier molecular flexibility index (Phi) is 8.02. The third kappa shape index (κ3) is 11.4. The highest BCUT2D eigenvalue weighted by atomic mass is 16.6. The number of hydrogen-bond donors (Lipinski definition) is 2. The van der Waals surface area contributed by atoms with Crippen LogP contribution >= 0.6 is 0 Å². The Hall–Kier alpha value is -1.83. The smallest absolute Gasteiger partial charge is 0.408 e. The summed E-state index contributed by atoms with van der Waals surface area (Å²) < 4.78 is 15.1. The van der Waals surface area contributed by atoms with Crippen molar-refractivity contribution in [2.24, 2.45) is 0 Å². The molecule has 0 aromatic heterocycles. The molecule has 8 nitrogen and oxygen atoms in total. The first kappa shape index (κ1) is 21.2. The van der Waals surface area contributed by atoms with Gasteiger partial charge in [0.05, 0.1) is 19.3 Å². The van der Waals surface area contributed by atoms with Gasteiger partial charge in [-0.15, -0.1) is 0 Å². The topological polar surface area (TPSA) is 103 Å². The van der Waals surface area contributed by atoms with Crippen LogP contribution < -0.4 is 10.6 Å². The van der Waals surface area contributed by atoms with E-state index in [1.807, 2.05) is 20.8 Å². The van der Waals surface area contributed by atoms with Gasteiger partial charge < -0.3 is 24.8 Å². The van der Waals surface area contributed by atoms with Crippen molar-refractivity contribution in [1.29, 1.82) is 0 Å². The number of nitrogens with one attached hydrogen (secondary N) is 2. The lowest BCUT2D eigenvalue weighted by atomic mass is 10.2. The van der Waals surface area contributed by atoms with Gasteiger partial charge >= 0.3 is 12.1 Å². The van der Waals surface area contributed by atoms with E-state index in [1.54, 1.807) is 20.8 Å². The normalized spacial score (nSPS) is 13.0. The van der Waals surface area contributed by atoms with E-state index in [0.29, 0.717) is 0 Å². The summed E-state index contributed by atoms with van der Waals surface area (Å²) in [4.78, 5) is 35.0. The first-order chi connectivity index (χ1) is 10.3. The van der Waals surface area contributed by atoms with Gasteiger partial charge in [-0.1, -0.05) is 0 Å². The highest BCUT2D eigenvalue weighted by Gasteiger charge is 2.26. The number of alkyl carbamates (subject to hydrolysis) is 1. The monoisotopic (exact) mass is 332 g/mol. The van der Waals surface area contributed by atoms with Gasteiger partial charge in [0.25, 0.3) is 0 Å². The zero-order valence-electron chi connectivity index (χ0n) is 14.9. The Balaban J connectivity index is 4.76. The van der Waals surface area contributed by atoms with E-state index in [-0.39, 0.29) is 13.2 Å². The molecule has 8 heteroatoms. The number of amides is 2. The zero-order chi connectivity index (χ0) is 18.3. The van der Waals surface area contributed by atoms with E-state index in [4.69, 9.17) is 9.47 Å². The maximum absolute atomic E-state index is 12.1. The number of ether oxygens (including phenoxy) is 3. The summed E-state index contributed by atoms with van der Waals surface area (Å²) in [6.07, 6.45) is -0.742. The van der Waals surface area contributed by atoms with Gasteiger partial charge in [-0.3, -0.25) is 9.59 Å². The molecule has 2 N–H and O–H groups in total. The molecule has 0 rings (SSSR count). The van der Waals surface area contributed by atoms with Crippen LogP contribution in [0.3, 0.4) is 0 Å². The Morgan fingerprint density at radius 3 is 2.00 bits per heavy atom. The maximum atomic E-state index is 12.1. The molecule has 0 saturated carbocycles. The standard InChI is InChI=1S/C15H28N2O6/c1-14(2,3)22-9-10(12(19)16-8-11(18)21-7)17-13(20)23-15(4,5)6/h10H,8-9H2,1-7H3,(H,16,19)(H,17,20)/t10-/m0/s1. The van der Waals surface area contributed by atoms with Crippen LogP contribution in [0.15, 0.2) is 0 Å². The fourth-order valence-corrected chi connectivity index (χ4v) is 1.32. The molecule has 0 spiro atoms. The van der Waals surface area contributed by atoms with Crippen LogP contribution in [0.5, 0.6) is 0 Å². The number of esters is 1. The van der Waals surface area contributed by atoms with Gasteiger partial charge in [0.1, 0.15) is 18.2 Å². The second-order valence-electron chi connectivity index (χ2n) is 6.92. The predicted molar refractivity (Wildman–Crippen MR) is 83.9 cm³/mol. The van der Waals surface area contributed by atoms with Gasteiger partial charge in [-0.05, 0) is 41.5 Å². The van der Waals surface area contributed by atoms with E-state index < -0.39 is 35.2 Å². The van der Waals surface area contributed by atoms with E-state index >= 15 is 0 Å². The maximum Gasteiger partial charge on any atom is 0.408 e. The minimum absolute atomic E-state index is 0.0598. The molecule has 0 aromatic rings. The molecular weight excluding hydrogens is 304 g/mol. The molecule has 2 amide bonds. The number of methoxy groups -OCH3 is 1. The van der Waals surface area contributed by atoms with Crippen molar-refractivity contribution in [3.8, 4) is 0 Å². The number of carbonyl (C=O) groups excluding carboxylic acids is 3. The molecule has 0 saturated heterocycles. The van der Waals surface area contributed by atoms with Gasteiger partial charge in [0.2, 0.25) is 5.91 Å². The first-order valence-corrected chi connectivity index (χ1v) is 7.32. The van der Waals surface area contributed by atoms with Crippen molar-refractivity contribution >= 4 is 18.0 Å². The SMILES string of the molecule is COC(=O)CNC(=O)[C@H](COC(C)(C)C)NC(=O)OC(C)(C)C. The van der Waals surface area contributed by atoms with Crippen LogP contribution in [0.4, 0.5) is 4.79 Å². The molecule has 0 aliphatic rings. The summed E-state index contributed by atoms with van der Waals surface area (Å²) in [5.41, 5.74) is -1.18. The Labute approximate surface area is 137 Å². The average Bonchev–Trinajstić information content (AvgIpc) is 2.37. The summed E-state index contributed by atoms with van der Waals surface area (Å²) in [6.45, 7) is 10.3. The van der Waals surface area contributed by atoms with Crippen LogP contribution in [-0.2, 0) is 23.8 Å². The molecule has 1 atom stereocenters. The van der Waals surface area contributed by atoms with Crippen LogP contribution in [-0.4, -0.2) is 55.5 Å². The third-order valence-corrected chi connectivity index (χ3v) is 2.33. The molecule has 134 valence electrons. The van der Waals surface area contributed by atoms with Crippen molar-refractivity contribution < 1.29 is 28.6 Å². The lowest BCUT2D eigenvalue weighted by molar-refractivity contribution is -0.141. The quantitative estimate of drug-likeness (QED) is 0.703. The molecule has 0 unspecified atom stereocenters. The average molecular weight is 332 g/mol. The van der Waals surface area contributed by atoms with Crippen LogP contribution in [0, 0.1) is 0 Å². The van der Waals surface area contributed by atoms with Crippen molar-refractivity contribution in [3.05, 3.63) is 0 Å². The van der Waals surface area contributed by atoms with Crippen molar-refractivity contribution in [3.63, 3.8) is 0 Å². The molecule has 0 heterocycles. The first-order valence-electron chi connectivity index (χ1n) is 7.32. The zero-order valence-corrected chi connectivity index (χ0v) is 14.9. The second kappa shape index (κ2) is 8.71. The van der Waals surface area contributed by atoms with Crippen molar-refractivity contribution in [2.45, 2.75) is 58.8 Å². The summed E-state index contributed by atoms with van der Waals surface area (Å²) >= 11 is 0. The second-order valence-corrected chi connectivity index (χ2v) is 6.92. The minimum atomic E-state index is -0.992. The predicted octanol–water partition coefficient (Wildman–Crippen LogP) is 0.984. The highest BCUT2D eigenvalue weighted by molar-refractivity contribution is 5.88. The van der Waals surface area contributed by atoms with Crippen molar-refractivity contribution in [2.75, 3.05) is 20.3 Å². The third-order valence-electron chi connectivity index (χ3n) is 2.33. The van der Waals surface area contributed by atoms with Gasteiger partial charge in [0.15, 0.2) is 0 Å². The van der Waals surface area contributed by atoms with E-state index in [9.17, 15) is 14.4 Å². The molecule has 0 bridgehead atoms. The molecule has 0 aliphatic heterocycles. The summed E-state index contributed by atoms with van der Waals surface area (Å²) in [6, 6.07) is -0.992. The Bertz CT molecular complexity index is 423. The van der Waals surface area contributed by atoms with Crippen LogP contribution in [0.2, 0.25) is 0 Å². The Morgan fingerprint density at radius 1 is 1.00 bits per heavy atom. The van der Waals surface area contributed by atoms with Gasteiger partial charge in [0, 0.05) is 0 Å². The fraction of sp³-hybridized carbons (Fsp3) is 0.800. The molecule has 0 aliphatic carbocycles. The van der Waals surface area contributed by atoms with E-state index in [0.717, 1.165) is 0 Å². The molecule has 0 aromatic carbocycles. The number of rotatable bonds is 6. The molecule has 0 radical (unpaired) electrons. The molecule has 0 fully saturated rings. The minimum Gasteiger partial charge on any atom is -0.468 e. The fourth-order valence-electron chi connectivity index (χ4n) is 1.32. The van der Waals surface area contributed by atoms with Crippen molar-refractivity contribution in [1.82, 2.24) is 10.6 Å². The van der Waals surface area contributed by atoms with Crippen LogP contribution in [0.25, 0.3) is 0 Å². The van der Waals surface area contributed by atoms with Gasteiger partial charge in [-0.25, -0.2) is 4.79 Å². The molecule has 23 heavy (non-hydrogen) atoms. The van der Waals surface area contributed by atoms with E-state index in [2.05, 4.69) is 15.4 Å². The lowest BCUT2D eigenvalue weighted by Crippen LogP contribution is -2.52. The number of carbonyl (C=O) groups is 3. The lowest BCUT2D eigenvalue weighted by Gasteiger charge is -2.26. The number of hydrogen-bond acceptors (Lipinski definition) is 6. The van der Waals surface area contributed by atoms with E-state index in [1.165, 1.54) is 7.11 Å². The summed E-state index contributed by atoms with van der Waals surface area (Å²) in [7, 11) is 1.22. The largest absolute Gasteiger partial charge is 0.468 e.